The average molecular weight is 343 g/mol. The molecule has 2 aromatic heterocycles. The summed E-state index contributed by atoms with van der Waals surface area (Å²) in [6, 6.07) is 7.13. The number of pyridine rings is 1. The number of fused-ring (bicyclic) bond motifs is 1. The van der Waals surface area contributed by atoms with Crippen LogP contribution in [0.3, 0.4) is 0 Å². The molecular formula is C17H14FN3O2S. The first-order valence-electron chi connectivity index (χ1n) is 7.59. The fourth-order valence-corrected chi connectivity index (χ4v) is 3.50. The number of nitrogens with zero attached hydrogens (tertiary/aromatic N) is 2. The van der Waals surface area contributed by atoms with Gasteiger partial charge in [0.15, 0.2) is 5.13 Å². The van der Waals surface area contributed by atoms with Crippen LogP contribution in [0.4, 0.5) is 9.52 Å². The number of carbonyl (C=O) groups excluding carboxylic acids is 1. The molecule has 0 unspecified atom stereocenters. The zero-order valence-electron chi connectivity index (χ0n) is 12.7. The van der Waals surface area contributed by atoms with E-state index in [0.29, 0.717) is 18.3 Å². The van der Waals surface area contributed by atoms with Crippen molar-refractivity contribution < 1.29 is 13.9 Å². The van der Waals surface area contributed by atoms with Gasteiger partial charge in [-0.3, -0.25) is 4.79 Å². The second-order valence-corrected chi connectivity index (χ2v) is 6.68. The molecule has 1 aliphatic heterocycles. The van der Waals surface area contributed by atoms with Crippen LogP contribution in [0.25, 0.3) is 21.2 Å². The maximum Gasteiger partial charge on any atom is 0.231 e. The van der Waals surface area contributed by atoms with Crippen molar-refractivity contribution in [2.75, 3.05) is 18.5 Å². The van der Waals surface area contributed by atoms with Crippen LogP contribution in [-0.2, 0) is 9.53 Å². The van der Waals surface area contributed by atoms with Gasteiger partial charge in [-0.25, -0.2) is 9.97 Å². The van der Waals surface area contributed by atoms with Crippen LogP contribution in [0.5, 0.6) is 0 Å². The highest BCUT2D eigenvalue weighted by atomic mass is 32.1. The molecule has 4 rings (SSSR count). The summed E-state index contributed by atoms with van der Waals surface area (Å²) in [5.41, 5.74) is 0.926. The number of aromatic nitrogens is 2. The van der Waals surface area contributed by atoms with Crippen LogP contribution in [0.2, 0.25) is 0 Å². The van der Waals surface area contributed by atoms with Crippen LogP contribution in [-0.4, -0.2) is 29.1 Å². The Morgan fingerprint density at radius 3 is 3.00 bits per heavy atom. The van der Waals surface area contributed by atoms with Crippen molar-refractivity contribution in [3.63, 3.8) is 0 Å². The largest absolute Gasteiger partial charge is 0.381 e. The summed E-state index contributed by atoms with van der Waals surface area (Å²) < 4.78 is 18.5. The van der Waals surface area contributed by atoms with Gasteiger partial charge < -0.3 is 10.1 Å². The van der Waals surface area contributed by atoms with Gasteiger partial charge in [0.2, 0.25) is 11.9 Å². The minimum absolute atomic E-state index is 0.0555. The molecule has 122 valence electrons. The van der Waals surface area contributed by atoms with Crippen LogP contribution in [0, 0.1) is 11.9 Å². The van der Waals surface area contributed by atoms with E-state index in [9.17, 15) is 9.18 Å². The predicted molar refractivity (Wildman–Crippen MR) is 90.4 cm³/mol. The van der Waals surface area contributed by atoms with Crippen molar-refractivity contribution in [3.05, 3.63) is 42.6 Å². The molecule has 5 nitrogen and oxygen atoms in total. The van der Waals surface area contributed by atoms with Gasteiger partial charge in [0.1, 0.15) is 0 Å². The number of nitrogens with one attached hydrogen (secondary N) is 1. The molecule has 0 spiro atoms. The smallest absolute Gasteiger partial charge is 0.231 e. The zero-order valence-corrected chi connectivity index (χ0v) is 13.5. The summed E-state index contributed by atoms with van der Waals surface area (Å²) in [4.78, 5) is 20.9. The van der Waals surface area contributed by atoms with Crippen molar-refractivity contribution in [3.8, 4) is 10.4 Å². The van der Waals surface area contributed by atoms with E-state index in [2.05, 4.69) is 15.3 Å². The molecule has 1 atom stereocenters. The average Bonchev–Trinajstić information content (AvgIpc) is 3.26. The number of rotatable bonds is 3. The van der Waals surface area contributed by atoms with E-state index in [-0.39, 0.29) is 11.8 Å². The lowest BCUT2D eigenvalue weighted by Gasteiger charge is -2.06. The maximum absolute atomic E-state index is 13.3. The highest BCUT2D eigenvalue weighted by molar-refractivity contribution is 7.19. The van der Waals surface area contributed by atoms with Crippen LogP contribution in [0.15, 0.2) is 36.7 Å². The number of anilines is 1. The Morgan fingerprint density at radius 1 is 1.25 bits per heavy atom. The van der Waals surface area contributed by atoms with E-state index in [1.807, 2.05) is 18.2 Å². The molecule has 7 heteroatoms. The summed E-state index contributed by atoms with van der Waals surface area (Å²) in [7, 11) is 0. The normalized spacial score (nSPS) is 17.3. The molecule has 1 aliphatic rings. The first-order valence-corrected chi connectivity index (χ1v) is 8.41. The van der Waals surface area contributed by atoms with E-state index < -0.39 is 5.95 Å². The molecule has 0 aliphatic carbocycles. The van der Waals surface area contributed by atoms with Crippen LogP contribution < -0.4 is 5.32 Å². The lowest BCUT2D eigenvalue weighted by molar-refractivity contribution is -0.119. The molecule has 0 radical (unpaired) electrons. The van der Waals surface area contributed by atoms with Crippen molar-refractivity contribution >= 4 is 33.1 Å². The van der Waals surface area contributed by atoms with Crippen molar-refractivity contribution in [2.45, 2.75) is 6.42 Å². The lowest BCUT2D eigenvalue weighted by atomic mass is 10.1. The zero-order chi connectivity index (χ0) is 16.5. The second kappa shape index (κ2) is 6.26. The van der Waals surface area contributed by atoms with Gasteiger partial charge in [0.25, 0.3) is 0 Å². The molecule has 0 bridgehead atoms. The summed E-state index contributed by atoms with van der Waals surface area (Å²) >= 11 is 1.39. The molecular weight excluding hydrogens is 329 g/mol. The molecule has 3 heterocycles. The molecule has 1 fully saturated rings. The summed E-state index contributed by atoms with van der Waals surface area (Å²) in [6.45, 7) is 1.10. The first-order chi connectivity index (χ1) is 11.7. The number of thiazole rings is 1. The highest BCUT2D eigenvalue weighted by Gasteiger charge is 2.24. The minimum Gasteiger partial charge on any atom is -0.381 e. The first kappa shape index (κ1) is 15.2. The van der Waals surface area contributed by atoms with E-state index in [1.165, 1.54) is 23.6 Å². The Balaban J connectivity index is 1.56. The standard InChI is InChI=1S/C17H14FN3O2S/c18-15-6-13-5-10(1-2-11(13)7-19-15)14-8-20-17(24-14)21-16(22)12-3-4-23-9-12/h1-2,5-8,12H,3-4,9H2,(H,20,21,22)/t12-/m1/s1. The van der Waals surface area contributed by atoms with Gasteiger partial charge in [-0.15, -0.1) is 0 Å². The van der Waals surface area contributed by atoms with Gasteiger partial charge in [-0.1, -0.05) is 23.5 Å². The maximum atomic E-state index is 13.3. The third-order valence-corrected chi connectivity index (χ3v) is 4.97. The Labute approximate surface area is 141 Å². The molecule has 1 N–H and O–H groups in total. The number of ether oxygens (including phenoxy) is 1. The molecule has 1 aromatic carbocycles. The monoisotopic (exact) mass is 343 g/mol. The van der Waals surface area contributed by atoms with Crippen LogP contribution >= 0.6 is 11.3 Å². The van der Waals surface area contributed by atoms with E-state index >= 15 is 0 Å². The number of amides is 1. The molecule has 0 saturated carbocycles. The van der Waals surface area contributed by atoms with Gasteiger partial charge >= 0.3 is 0 Å². The Morgan fingerprint density at radius 2 is 2.17 bits per heavy atom. The highest BCUT2D eigenvalue weighted by Crippen LogP contribution is 2.31. The number of carbonyl (C=O) groups is 1. The molecule has 1 saturated heterocycles. The van der Waals surface area contributed by atoms with E-state index in [4.69, 9.17) is 4.74 Å². The quantitative estimate of drug-likeness (QED) is 0.740. The fraction of sp³-hybridized carbons (Fsp3) is 0.235. The second-order valence-electron chi connectivity index (χ2n) is 5.65. The van der Waals surface area contributed by atoms with Crippen molar-refractivity contribution in [1.82, 2.24) is 9.97 Å². The minimum atomic E-state index is -0.504. The predicted octanol–water partition coefficient (Wildman–Crippen LogP) is 3.47. The van der Waals surface area contributed by atoms with Gasteiger partial charge in [-0.2, -0.15) is 4.39 Å². The Hall–Kier alpha value is -2.38. The summed E-state index contributed by atoms with van der Waals surface area (Å²) in [6.07, 6.45) is 3.97. The van der Waals surface area contributed by atoms with Gasteiger partial charge in [0, 0.05) is 30.5 Å². The van der Waals surface area contributed by atoms with Gasteiger partial charge in [-0.05, 0) is 23.4 Å². The number of halogens is 1. The Kier molecular flexibility index (Phi) is 3.95. The Bertz CT molecular complexity index is 906. The number of hydrogen-bond donors (Lipinski definition) is 1. The number of benzene rings is 1. The molecule has 1 amide bonds. The van der Waals surface area contributed by atoms with Crippen molar-refractivity contribution in [2.24, 2.45) is 5.92 Å². The topological polar surface area (TPSA) is 64.1 Å². The van der Waals surface area contributed by atoms with Crippen LogP contribution in [0.1, 0.15) is 6.42 Å². The molecule has 24 heavy (non-hydrogen) atoms. The van der Waals surface area contributed by atoms with Crippen molar-refractivity contribution in [1.29, 1.82) is 0 Å². The van der Waals surface area contributed by atoms with E-state index in [1.54, 1.807) is 6.20 Å². The number of hydrogen-bond acceptors (Lipinski definition) is 5. The van der Waals surface area contributed by atoms with Gasteiger partial charge in [0.05, 0.1) is 17.4 Å². The lowest BCUT2D eigenvalue weighted by Crippen LogP contribution is -2.22. The fourth-order valence-electron chi connectivity index (χ4n) is 2.68. The summed E-state index contributed by atoms with van der Waals surface area (Å²) in [5.74, 6) is -0.663. The summed E-state index contributed by atoms with van der Waals surface area (Å²) in [5, 5.41) is 5.05. The van der Waals surface area contributed by atoms with E-state index in [0.717, 1.165) is 27.6 Å². The third-order valence-electron chi connectivity index (χ3n) is 4.01. The third kappa shape index (κ3) is 3.00. The SMILES string of the molecule is O=C(Nc1ncc(-c2ccc3cnc(F)cc3c2)s1)[C@@H]1CCOC1. The molecule has 3 aromatic rings.